The van der Waals surface area contributed by atoms with Gasteiger partial charge >= 0.3 is 0 Å². The summed E-state index contributed by atoms with van der Waals surface area (Å²) in [7, 11) is 0. The quantitative estimate of drug-likeness (QED) is 0.634. The van der Waals surface area contributed by atoms with Gasteiger partial charge in [-0.25, -0.2) is 9.38 Å². The smallest absolute Gasteiger partial charge is 0.221 e. The Bertz CT molecular complexity index is 761. The van der Waals surface area contributed by atoms with Crippen molar-refractivity contribution in [3.8, 4) is 0 Å². The number of aliphatic imine (C=N–C) groups is 1. The monoisotopic (exact) mass is 359 g/mol. The molecule has 2 aromatic rings. The van der Waals surface area contributed by atoms with E-state index in [1.165, 1.54) is 11.6 Å². The first-order valence-corrected chi connectivity index (χ1v) is 9.11. The van der Waals surface area contributed by atoms with Crippen molar-refractivity contribution >= 4 is 17.5 Å². The van der Waals surface area contributed by atoms with E-state index in [2.05, 4.69) is 50.0 Å². The summed E-state index contributed by atoms with van der Waals surface area (Å²) in [5, 5.41) is 0.316. The maximum Gasteiger partial charge on any atom is 0.221 e. The number of ether oxygens (including phenoxy) is 1. The second-order valence-electron chi connectivity index (χ2n) is 6.75. The molecule has 0 saturated heterocycles. The van der Waals surface area contributed by atoms with Crippen molar-refractivity contribution < 1.29 is 9.13 Å². The van der Waals surface area contributed by atoms with Crippen LogP contribution in [0.4, 0.5) is 4.39 Å². The Morgan fingerprint density at radius 1 is 1.16 bits per heavy atom. The van der Waals surface area contributed by atoms with E-state index in [9.17, 15) is 4.39 Å². The normalized spacial score (nSPS) is 17.3. The summed E-state index contributed by atoms with van der Waals surface area (Å²) in [6, 6.07) is 13.0. The van der Waals surface area contributed by atoms with Gasteiger partial charge in [-0.2, -0.15) is 0 Å². The van der Waals surface area contributed by atoms with Crippen molar-refractivity contribution in [1.82, 2.24) is 0 Å². The largest absolute Gasteiger partial charge is 0.475 e. The predicted molar refractivity (Wildman–Crippen MR) is 101 cm³/mol. The second-order valence-corrected chi connectivity index (χ2v) is 7.15. The van der Waals surface area contributed by atoms with Gasteiger partial charge in [-0.3, -0.25) is 0 Å². The van der Waals surface area contributed by atoms with Gasteiger partial charge in [0, 0.05) is 0 Å². The lowest BCUT2D eigenvalue weighted by Gasteiger charge is -2.27. The van der Waals surface area contributed by atoms with Gasteiger partial charge in [0.05, 0.1) is 10.6 Å². The summed E-state index contributed by atoms with van der Waals surface area (Å²) in [6.45, 7) is 7.13. The zero-order chi connectivity index (χ0) is 18.0. The molecule has 132 valence electrons. The lowest BCUT2D eigenvalue weighted by Crippen LogP contribution is -2.19. The fraction of sp³-hybridized carbons (Fsp3) is 0.381. The molecule has 0 saturated carbocycles. The molecule has 0 bridgehead atoms. The van der Waals surface area contributed by atoms with Crippen molar-refractivity contribution in [2.75, 3.05) is 6.61 Å². The van der Waals surface area contributed by atoms with E-state index in [4.69, 9.17) is 16.3 Å². The molecule has 3 rings (SSSR count). The lowest BCUT2D eigenvalue weighted by molar-refractivity contribution is 0.318. The minimum absolute atomic E-state index is 0.130. The third-order valence-electron chi connectivity index (χ3n) is 5.38. The number of hydrogen-bond donors (Lipinski definition) is 0. The molecule has 0 radical (unpaired) electrons. The van der Waals surface area contributed by atoms with Crippen LogP contribution in [0.15, 0.2) is 47.5 Å². The Morgan fingerprint density at radius 2 is 1.84 bits per heavy atom. The third kappa shape index (κ3) is 3.43. The van der Waals surface area contributed by atoms with Crippen molar-refractivity contribution in [2.45, 2.75) is 45.1 Å². The van der Waals surface area contributed by atoms with Gasteiger partial charge in [-0.1, -0.05) is 62.7 Å². The molecular weight excluding hydrogens is 337 g/mol. The van der Waals surface area contributed by atoms with Crippen LogP contribution < -0.4 is 0 Å². The Hall–Kier alpha value is -1.87. The summed E-state index contributed by atoms with van der Waals surface area (Å²) >= 11 is 6.11. The van der Waals surface area contributed by atoms with Crippen LogP contribution in [-0.2, 0) is 10.2 Å². The van der Waals surface area contributed by atoms with Crippen LogP contribution in [0.1, 0.15) is 56.3 Å². The number of rotatable bonds is 5. The zero-order valence-corrected chi connectivity index (χ0v) is 15.6. The molecule has 0 N–H and O–H groups in total. The molecular formula is C21H23ClFNO. The molecule has 1 unspecified atom stereocenters. The molecule has 0 fully saturated rings. The number of benzene rings is 2. The van der Waals surface area contributed by atoms with Crippen molar-refractivity contribution in [2.24, 2.45) is 4.99 Å². The molecule has 1 heterocycles. The number of halogens is 2. The van der Waals surface area contributed by atoms with Crippen LogP contribution in [0, 0.1) is 5.82 Å². The summed E-state index contributed by atoms with van der Waals surface area (Å²) in [5.74, 6) is -0.131. The number of hydrogen-bond acceptors (Lipinski definition) is 2. The maximum atomic E-state index is 14.0. The Morgan fingerprint density at radius 3 is 2.44 bits per heavy atom. The fourth-order valence-electron chi connectivity index (χ4n) is 3.15. The summed E-state index contributed by atoms with van der Waals surface area (Å²) in [4.78, 5) is 4.55. The Kier molecular flexibility index (Phi) is 5.14. The van der Waals surface area contributed by atoms with Gasteiger partial charge in [0.25, 0.3) is 0 Å². The van der Waals surface area contributed by atoms with Gasteiger partial charge in [0.2, 0.25) is 5.90 Å². The van der Waals surface area contributed by atoms with Crippen LogP contribution in [0.2, 0.25) is 5.02 Å². The SMILES string of the molecule is CCC(C)(CC)c1ccc(C2COC(c3c(F)cccc3Cl)=N2)cc1. The van der Waals surface area contributed by atoms with E-state index in [1.807, 2.05) is 0 Å². The van der Waals surface area contributed by atoms with Gasteiger partial charge in [-0.05, 0) is 41.5 Å². The molecule has 1 aliphatic heterocycles. The first kappa shape index (κ1) is 17.9. The second kappa shape index (κ2) is 7.17. The summed E-state index contributed by atoms with van der Waals surface area (Å²) < 4.78 is 19.7. The Labute approximate surface area is 153 Å². The van der Waals surface area contributed by atoms with Crippen LogP contribution in [0.25, 0.3) is 0 Å². The standard InChI is InChI=1S/C21H23ClFNO/c1-4-21(3,5-2)15-11-9-14(10-12-15)18-13-25-20(24-18)19-16(22)7-6-8-17(19)23/h6-12,18H,4-5,13H2,1-3H3. The van der Waals surface area contributed by atoms with E-state index >= 15 is 0 Å². The van der Waals surface area contributed by atoms with Crippen molar-refractivity contribution in [1.29, 1.82) is 0 Å². The highest BCUT2D eigenvalue weighted by atomic mass is 35.5. The van der Waals surface area contributed by atoms with Gasteiger partial charge in [-0.15, -0.1) is 0 Å². The first-order chi connectivity index (χ1) is 12.0. The lowest BCUT2D eigenvalue weighted by atomic mass is 9.77. The molecule has 2 aromatic carbocycles. The van der Waals surface area contributed by atoms with Gasteiger partial charge < -0.3 is 4.74 Å². The predicted octanol–water partition coefficient (Wildman–Crippen LogP) is 6.07. The molecule has 2 nitrogen and oxygen atoms in total. The average molecular weight is 360 g/mol. The van der Waals surface area contributed by atoms with Crippen molar-refractivity contribution in [3.63, 3.8) is 0 Å². The van der Waals surface area contributed by atoms with E-state index < -0.39 is 5.82 Å². The molecule has 25 heavy (non-hydrogen) atoms. The summed E-state index contributed by atoms with van der Waals surface area (Å²) in [5.41, 5.74) is 2.84. The van der Waals surface area contributed by atoms with Gasteiger partial charge in [0.15, 0.2) is 0 Å². The van der Waals surface area contributed by atoms with Crippen LogP contribution in [0.5, 0.6) is 0 Å². The summed E-state index contributed by atoms with van der Waals surface area (Å²) in [6.07, 6.45) is 2.20. The Balaban J connectivity index is 1.86. The fourth-order valence-corrected chi connectivity index (χ4v) is 3.39. The molecule has 0 aliphatic carbocycles. The maximum absolute atomic E-state index is 14.0. The molecule has 1 aliphatic rings. The van der Waals surface area contributed by atoms with Gasteiger partial charge in [0.1, 0.15) is 18.5 Å². The minimum Gasteiger partial charge on any atom is -0.475 e. The van der Waals surface area contributed by atoms with E-state index in [0.717, 1.165) is 18.4 Å². The van der Waals surface area contributed by atoms with Crippen LogP contribution in [-0.4, -0.2) is 12.5 Å². The zero-order valence-electron chi connectivity index (χ0n) is 14.9. The average Bonchev–Trinajstić information content (AvgIpc) is 3.11. The topological polar surface area (TPSA) is 21.6 Å². The van der Waals surface area contributed by atoms with E-state index in [0.29, 0.717) is 11.6 Å². The molecule has 0 amide bonds. The van der Waals surface area contributed by atoms with Crippen molar-refractivity contribution in [3.05, 3.63) is 70.0 Å². The molecule has 0 spiro atoms. The van der Waals surface area contributed by atoms with E-state index in [1.54, 1.807) is 12.1 Å². The third-order valence-corrected chi connectivity index (χ3v) is 5.70. The van der Waals surface area contributed by atoms with Crippen LogP contribution in [0.3, 0.4) is 0 Å². The highest BCUT2D eigenvalue weighted by molar-refractivity contribution is 6.33. The molecule has 4 heteroatoms. The van der Waals surface area contributed by atoms with E-state index in [-0.39, 0.29) is 22.9 Å². The minimum atomic E-state index is -0.413. The molecule has 1 atom stereocenters. The highest BCUT2D eigenvalue weighted by Gasteiger charge is 2.26. The number of nitrogens with zero attached hydrogens (tertiary/aromatic N) is 1. The van der Waals surface area contributed by atoms with Crippen LogP contribution >= 0.6 is 11.6 Å². The molecule has 0 aromatic heterocycles. The highest BCUT2D eigenvalue weighted by Crippen LogP contribution is 2.33. The first-order valence-electron chi connectivity index (χ1n) is 8.74.